The Labute approximate surface area is 163 Å². The van der Waals surface area contributed by atoms with Crippen LogP contribution < -0.4 is 10.7 Å². The van der Waals surface area contributed by atoms with E-state index in [2.05, 4.69) is 11.4 Å². The Balaban J connectivity index is 1.58. The van der Waals surface area contributed by atoms with Crippen LogP contribution in [0.4, 0.5) is 0 Å². The first-order chi connectivity index (χ1) is 13.4. The second kappa shape index (κ2) is 8.87. The van der Waals surface area contributed by atoms with Gasteiger partial charge < -0.3 is 14.5 Å². The number of ether oxygens (including phenoxy) is 1. The molecule has 1 aromatic carbocycles. The van der Waals surface area contributed by atoms with Crippen molar-refractivity contribution in [3.63, 3.8) is 0 Å². The van der Waals surface area contributed by atoms with Gasteiger partial charge in [-0.2, -0.15) is 0 Å². The van der Waals surface area contributed by atoms with Crippen molar-refractivity contribution in [2.75, 3.05) is 6.54 Å². The largest absolute Gasteiger partial charge is 0.449 e. The Bertz CT molecular complexity index is 973. The minimum absolute atomic E-state index is 0.214. The summed E-state index contributed by atoms with van der Waals surface area (Å²) in [6.45, 7) is 3.87. The van der Waals surface area contributed by atoms with Crippen LogP contribution in [-0.2, 0) is 9.53 Å². The van der Waals surface area contributed by atoms with Gasteiger partial charge in [-0.1, -0.05) is 23.3 Å². The third kappa shape index (κ3) is 4.88. The number of carbonyl (C=O) groups is 2. The number of hydrogen-bond donors (Lipinski definition) is 1. The molecule has 0 radical (unpaired) electrons. The molecule has 0 unspecified atom stereocenters. The molecule has 0 spiro atoms. The van der Waals surface area contributed by atoms with Crippen molar-refractivity contribution in [2.24, 2.45) is 0 Å². The SMILES string of the molecule is Cc1ccc2oc(C(=O)O[C@@H](C)C(=O)NCCC3=CCCCC3)cc(=O)c2c1. The van der Waals surface area contributed by atoms with E-state index in [1.165, 1.54) is 25.3 Å². The number of nitrogens with one attached hydrogen (secondary N) is 1. The molecule has 0 aliphatic heterocycles. The summed E-state index contributed by atoms with van der Waals surface area (Å²) in [4.78, 5) is 36.7. The number of aryl methyl sites for hydroxylation is 1. The lowest BCUT2D eigenvalue weighted by molar-refractivity contribution is -0.129. The molecule has 1 heterocycles. The lowest BCUT2D eigenvalue weighted by atomic mass is 9.97. The second-order valence-electron chi connectivity index (χ2n) is 7.17. The van der Waals surface area contributed by atoms with E-state index in [-0.39, 0.29) is 17.1 Å². The van der Waals surface area contributed by atoms with Crippen LogP contribution in [0.1, 0.15) is 55.1 Å². The zero-order valence-corrected chi connectivity index (χ0v) is 16.2. The molecule has 1 atom stereocenters. The molecule has 0 fully saturated rings. The number of hydrogen-bond acceptors (Lipinski definition) is 5. The summed E-state index contributed by atoms with van der Waals surface area (Å²) in [5.41, 5.74) is 2.27. The van der Waals surface area contributed by atoms with Gasteiger partial charge in [-0.3, -0.25) is 9.59 Å². The molecule has 1 aliphatic rings. The van der Waals surface area contributed by atoms with E-state index >= 15 is 0 Å². The predicted molar refractivity (Wildman–Crippen MR) is 106 cm³/mol. The molecule has 1 amide bonds. The topological polar surface area (TPSA) is 85.6 Å². The van der Waals surface area contributed by atoms with Crippen molar-refractivity contribution in [3.05, 3.63) is 57.5 Å². The number of carbonyl (C=O) groups excluding carboxylic acids is 2. The number of fused-ring (bicyclic) bond motifs is 1. The highest BCUT2D eigenvalue weighted by Gasteiger charge is 2.21. The molecule has 6 nitrogen and oxygen atoms in total. The monoisotopic (exact) mass is 383 g/mol. The summed E-state index contributed by atoms with van der Waals surface area (Å²) in [5, 5.41) is 3.19. The third-order valence-electron chi connectivity index (χ3n) is 4.87. The predicted octanol–water partition coefficient (Wildman–Crippen LogP) is 3.65. The van der Waals surface area contributed by atoms with E-state index in [0.29, 0.717) is 17.5 Å². The van der Waals surface area contributed by atoms with Crippen LogP contribution >= 0.6 is 0 Å². The quantitative estimate of drug-likeness (QED) is 0.608. The fraction of sp³-hybridized carbons (Fsp3) is 0.409. The summed E-state index contributed by atoms with van der Waals surface area (Å²) in [5.74, 6) is -1.42. The number of allylic oxidation sites excluding steroid dienone is 1. The Hall–Kier alpha value is -2.89. The van der Waals surface area contributed by atoms with Gasteiger partial charge in [0.25, 0.3) is 5.91 Å². The number of esters is 1. The van der Waals surface area contributed by atoms with Gasteiger partial charge in [0.2, 0.25) is 5.76 Å². The molecule has 1 aliphatic carbocycles. The lowest BCUT2D eigenvalue weighted by Gasteiger charge is -2.15. The van der Waals surface area contributed by atoms with Gasteiger partial charge in [-0.25, -0.2) is 4.79 Å². The normalized spacial score (nSPS) is 15.0. The van der Waals surface area contributed by atoms with E-state index in [1.54, 1.807) is 18.2 Å². The van der Waals surface area contributed by atoms with E-state index in [4.69, 9.17) is 9.15 Å². The Kier molecular flexibility index (Phi) is 6.29. The van der Waals surface area contributed by atoms with Gasteiger partial charge >= 0.3 is 5.97 Å². The number of benzene rings is 1. The average Bonchev–Trinajstić information content (AvgIpc) is 2.69. The molecule has 6 heteroatoms. The minimum Gasteiger partial charge on any atom is -0.449 e. The van der Waals surface area contributed by atoms with Crippen LogP contribution in [0.15, 0.2) is 45.1 Å². The molecular weight excluding hydrogens is 358 g/mol. The first kappa shape index (κ1) is 19.9. The number of rotatable bonds is 6. The molecule has 0 saturated heterocycles. The first-order valence-electron chi connectivity index (χ1n) is 9.65. The van der Waals surface area contributed by atoms with Gasteiger partial charge in [-0.05, 0) is 58.1 Å². The molecule has 28 heavy (non-hydrogen) atoms. The van der Waals surface area contributed by atoms with Crippen molar-refractivity contribution < 1.29 is 18.7 Å². The Morgan fingerprint density at radius 2 is 2.07 bits per heavy atom. The molecule has 0 bridgehead atoms. The van der Waals surface area contributed by atoms with Crippen molar-refractivity contribution >= 4 is 22.8 Å². The van der Waals surface area contributed by atoms with Crippen LogP contribution in [0.5, 0.6) is 0 Å². The highest BCUT2D eigenvalue weighted by molar-refractivity contribution is 5.91. The standard InChI is InChI=1S/C22H25NO5/c1-14-8-9-19-17(12-14)18(24)13-20(28-19)22(26)27-15(2)21(25)23-11-10-16-6-4-3-5-7-16/h6,8-9,12-13,15H,3-5,7,10-11H2,1-2H3,(H,23,25)/t15-/m0/s1. The smallest absolute Gasteiger partial charge is 0.375 e. The highest BCUT2D eigenvalue weighted by Crippen LogP contribution is 2.19. The molecule has 3 rings (SSSR count). The highest BCUT2D eigenvalue weighted by atomic mass is 16.6. The van der Waals surface area contributed by atoms with Crippen molar-refractivity contribution in [3.8, 4) is 0 Å². The van der Waals surface area contributed by atoms with Gasteiger partial charge in [0.05, 0.1) is 5.39 Å². The summed E-state index contributed by atoms with van der Waals surface area (Å²) < 4.78 is 10.7. The van der Waals surface area contributed by atoms with Crippen molar-refractivity contribution in [1.82, 2.24) is 5.32 Å². The second-order valence-corrected chi connectivity index (χ2v) is 7.17. The molecule has 148 valence electrons. The Morgan fingerprint density at radius 1 is 1.25 bits per heavy atom. The average molecular weight is 383 g/mol. The maximum absolute atomic E-state index is 12.3. The summed E-state index contributed by atoms with van der Waals surface area (Å²) in [6, 6.07) is 6.23. The Morgan fingerprint density at radius 3 is 2.82 bits per heavy atom. The maximum Gasteiger partial charge on any atom is 0.375 e. The van der Waals surface area contributed by atoms with Gasteiger partial charge in [-0.15, -0.1) is 0 Å². The summed E-state index contributed by atoms with van der Waals surface area (Å²) in [7, 11) is 0. The van der Waals surface area contributed by atoms with Gasteiger partial charge in [0, 0.05) is 12.6 Å². The molecule has 2 aromatic rings. The van der Waals surface area contributed by atoms with E-state index < -0.39 is 12.1 Å². The van der Waals surface area contributed by atoms with E-state index in [0.717, 1.165) is 30.9 Å². The van der Waals surface area contributed by atoms with Crippen LogP contribution in [-0.4, -0.2) is 24.5 Å². The summed E-state index contributed by atoms with van der Waals surface area (Å²) >= 11 is 0. The van der Waals surface area contributed by atoms with Crippen LogP contribution in [0.2, 0.25) is 0 Å². The van der Waals surface area contributed by atoms with E-state index in [1.807, 2.05) is 6.92 Å². The molecule has 0 saturated carbocycles. The van der Waals surface area contributed by atoms with Gasteiger partial charge in [0.1, 0.15) is 5.58 Å². The zero-order valence-electron chi connectivity index (χ0n) is 16.2. The van der Waals surface area contributed by atoms with Crippen LogP contribution in [0, 0.1) is 6.92 Å². The number of amides is 1. The zero-order chi connectivity index (χ0) is 20.1. The summed E-state index contributed by atoms with van der Waals surface area (Å²) in [6.07, 6.45) is 6.69. The van der Waals surface area contributed by atoms with Crippen molar-refractivity contribution in [2.45, 2.75) is 52.1 Å². The van der Waals surface area contributed by atoms with Crippen molar-refractivity contribution in [1.29, 1.82) is 0 Å². The lowest BCUT2D eigenvalue weighted by Crippen LogP contribution is -2.36. The van der Waals surface area contributed by atoms with E-state index in [9.17, 15) is 14.4 Å². The van der Waals surface area contributed by atoms with Crippen LogP contribution in [0.25, 0.3) is 11.0 Å². The minimum atomic E-state index is -0.980. The van der Waals surface area contributed by atoms with Gasteiger partial charge in [0.15, 0.2) is 11.5 Å². The first-order valence-corrected chi connectivity index (χ1v) is 9.65. The fourth-order valence-corrected chi connectivity index (χ4v) is 3.26. The third-order valence-corrected chi connectivity index (χ3v) is 4.87. The molecule has 1 N–H and O–H groups in total. The molecule has 1 aromatic heterocycles. The molecular formula is C22H25NO5. The maximum atomic E-state index is 12.3. The van der Waals surface area contributed by atoms with Crippen LogP contribution in [0.3, 0.4) is 0 Å². The fourth-order valence-electron chi connectivity index (χ4n) is 3.26.